The minimum Gasteiger partial charge on any atom is -0.381 e. The quantitative estimate of drug-likeness (QED) is 0.535. The van der Waals surface area contributed by atoms with Gasteiger partial charge in [-0.2, -0.15) is 0 Å². The van der Waals surface area contributed by atoms with E-state index in [1.165, 1.54) is 0 Å². The van der Waals surface area contributed by atoms with Crippen LogP contribution in [0.3, 0.4) is 0 Å². The maximum Gasteiger partial charge on any atom is 0.272 e. The first kappa shape index (κ1) is 13.7. The highest BCUT2D eigenvalue weighted by atomic mass is 16.5. The highest BCUT2D eigenvalue weighted by molar-refractivity contribution is 5.92. The summed E-state index contributed by atoms with van der Waals surface area (Å²) >= 11 is 0. The van der Waals surface area contributed by atoms with E-state index in [0.29, 0.717) is 11.7 Å². The maximum atomic E-state index is 12.0. The summed E-state index contributed by atoms with van der Waals surface area (Å²) in [5.74, 6) is 5.86. The topological polar surface area (TPSA) is 102 Å². The number of carbonyl (C=O) groups excluding carboxylic acids is 1. The Morgan fingerprint density at radius 1 is 1.42 bits per heavy atom. The average Bonchev–Trinajstić information content (AvgIpc) is 2.48. The summed E-state index contributed by atoms with van der Waals surface area (Å²) in [6.07, 6.45) is 1.95. The molecule has 0 aliphatic carbocycles. The number of carbonyl (C=O) groups is 1. The highest BCUT2D eigenvalue weighted by Gasteiger charge is 2.22. The molecule has 104 valence electrons. The first-order chi connectivity index (χ1) is 9.20. The van der Waals surface area contributed by atoms with Crippen molar-refractivity contribution in [3.63, 3.8) is 0 Å². The van der Waals surface area contributed by atoms with Crippen LogP contribution in [0, 0.1) is 5.92 Å². The van der Waals surface area contributed by atoms with E-state index >= 15 is 0 Å². The Morgan fingerprint density at radius 2 is 2.16 bits per heavy atom. The molecule has 1 aliphatic heterocycles. The zero-order valence-electron chi connectivity index (χ0n) is 10.9. The van der Waals surface area contributed by atoms with Gasteiger partial charge in [-0.1, -0.05) is 0 Å². The largest absolute Gasteiger partial charge is 0.381 e. The van der Waals surface area contributed by atoms with Gasteiger partial charge in [0.1, 0.15) is 0 Å². The van der Waals surface area contributed by atoms with Crippen molar-refractivity contribution in [2.75, 3.05) is 18.6 Å². The van der Waals surface area contributed by atoms with Crippen molar-refractivity contribution in [2.45, 2.75) is 25.8 Å². The van der Waals surface area contributed by atoms with Crippen LogP contribution >= 0.6 is 0 Å². The van der Waals surface area contributed by atoms with E-state index in [4.69, 9.17) is 10.6 Å². The Kier molecular flexibility index (Phi) is 4.64. The fourth-order valence-electron chi connectivity index (χ4n) is 2.14. The van der Waals surface area contributed by atoms with Crippen LogP contribution in [-0.4, -0.2) is 35.4 Å². The van der Waals surface area contributed by atoms with E-state index in [-0.39, 0.29) is 17.6 Å². The number of nitrogens with zero attached hydrogens (tertiary/aromatic N) is 2. The number of nitrogens with two attached hydrogens (primary N) is 1. The van der Waals surface area contributed by atoms with E-state index in [2.05, 4.69) is 20.9 Å². The van der Waals surface area contributed by atoms with Gasteiger partial charge in [0, 0.05) is 19.3 Å². The molecule has 2 rings (SSSR count). The lowest BCUT2D eigenvalue weighted by Gasteiger charge is -2.28. The van der Waals surface area contributed by atoms with Crippen molar-refractivity contribution in [3.05, 3.63) is 17.8 Å². The second-order valence-electron chi connectivity index (χ2n) is 4.66. The van der Waals surface area contributed by atoms with E-state index in [9.17, 15) is 4.79 Å². The zero-order valence-corrected chi connectivity index (χ0v) is 10.9. The third-order valence-electron chi connectivity index (χ3n) is 3.38. The molecule has 1 aliphatic rings. The van der Waals surface area contributed by atoms with Crippen molar-refractivity contribution in [1.29, 1.82) is 0 Å². The molecular formula is C12H19N5O2. The van der Waals surface area contributed by atoms with E-state index in [0.717, 1.165) is 26.1 Å². The molecule has 1 fully saturated rings. The van der Waals surface area contributed by atoms with Crippen molar-refractivity contribution in [2.24, 2.45) is 11.8 Å². The number of aromatic nitrogens is 2. The summed E-state index contributed by atoms with van der Waals surface area (Å²) in [7, 11) is 0. The van der Waals surface area contributed by atoms with Crippen LogP contribution < -0.4 is 16.6 Å². The van der Waals surface area contributed by atoms with Gasteiger partial charge >= 0.3 is 0 Å². The van der Waals surface area contributed by atoms with Gasteiger partial charge in [-0.25, -0.2) is 5.84 Å². The van der Waals surface area contributed by atoms with Crippen LogP contribution in [0.1, 0.15) is 30.3 Å². The molecule has 0 radical (unpaired) electrons. The number of rotatable bonds is 4. The minimum absolute atomic E-state index is 0.102. The fourth-order valence-corrected chi connectivity index (χ4v) is 2.14. The highest BCUT2D eigenvalue weighted by Crippen LogP contribution is 2.18. The number of nitrogen functional groups attached to an aromatic ring is 1. The standard InChI is InChI=1S/C12H19N5O2/c1-8(9-4-6-19-7-5-9)14-12(18)10-2-3-11(15-13)17-16-10/h2-3,8-9H,4-7,13H2,1H3,(H,14,18)(H,15,17). The van der Waals surface area contributed by atoms with Gasteiger partial charge in [-0.15, -0.1) is 10.2 Å². The molecule has 1 aromatic heterocycles. The van der Waals surface area contributed by atoms with Crippen LogP contribution in [0.2, 0.25) is 0 Å². The molecule has 0 bridgehead atoms. The average molecular weight is 265 g/mol. The van der Waals surface area contributed by atoms with Crippen LogP contribution in [0.4, 0.5) is 5.82 Å². The molecule has 2 heterocycles. The number of amides is 1. The minimum atomic E-state index is -0.213. The molecular weight excluding hydrogens is 246 g/mol. The summed E-state index contributed by atoms with van der Waals surface area (Å²) in [6, 6.07) is 3.31. The third kappa shape index (κ3) is 3.62. The molecule has 1 atom stereocenters. The molecule has 4 N–H and O–H groups in total. The monoisotopic (exact) mass is 265 g/mol. The van der Waals surface area contributed by atoms with Crippen molar-refractivity contribution in [1.82, 2.24) is 15.5 Å². The predicted octanol–water partition coefficient (Wildman–Crippen LogP) is 0.307. The summed E-state index contributed by atoms with van der Waals surface area (Å²) in [5.41, 5.74) is 2.66. The summed E-state index contributed by atoms with van der Waals surface area (Å²) in [4.78, 5) is 12.0. The lowest BCUT2D eigenvalue weighted by Crippen LogP contribution is -2.40. The zero-order chi connectivity index (χ0) is 13.7. The Balaban J connectivity index is 1.91. The molecule has 0 saturated carbocycles. The molecule has 7 heteroatoms. The number of anilines is 1. The summed E-state index contributed by atoms with van der Waals surface area (Å²) < 4.78 is 5.31. The van der Waals surface area contributed by atoms with Crippen LogP contribution in [0.5, 0.6) is 0 Å². The Morgan fingerprint density at radius 3 is 2.74 bits per heavy atom. The normalized spacial score (nSPS) is 17.8. The number of hydrogen-bond acceptors (Lipinski definition) is 6. The van der Waals surface area contributed by atoms with E-state index in [1.807, 2.05) is 6.92 Å². The summed E-state index contributed by atoms with van der Waals surface area (Å²) in [6.45, 7) is 3.54. The molecule has 0 spiro atoms. The van der Waals surface area contributed by atoms with Gasteiger partial charge < -0.3 is 15.5 Å². The molecule has 1 unspecified atom stereocenters. The van der Waals surface area contributed by atoms with E-state index < -0.39 is 0 Å². The van der Waals surface area contributed by atoms with Crippen LogP contribution in [0.25, 0.3) is 0 Å². The second-order valence-corrected chi connectivity index (χ2v) is 4.66. The van der Waals surface area contributed by atoms with Gasteiger partial charge in [-0.3, -0.25) is 4.79 Å². The molecule has 1 saturated heterocycles. The number of nitrogens with one attached hydrogen (secondary N) is 2. The predicted molar refractivity (Wildman–Crippen MR) is 70.3 cm³/mol. The van der Waals surface area contributed by atoms with Gasteiger partial charge in [0.05, 0.1) is 0 Å². The lowest BCUT2D eigenvalue weighted by molar-refractivity contribution is 0.0537. The second kappa shape index (κ2) is 6.44. The number of hydrogen-bond donors (Lipinski definition) is 3. The molecule has 1 aromatic rings. The van der Waals surface area contributed by atoms with Crippen LogP contribution in [-0.2, 0) is 4.74 Å². The first-order valence-electron chi connectivity index (χ1n) is 6.39. The summed E-state index contributed by atoms with van der Waals surface area (Å²) in [5, 5.41) is 10.5. The molecule has 7 nitrogen and oxygen atoms in total. The van der Waals surface area contributed by atoms with Gasteiger partial charge in [0.2, 0.25) is 0 Å². The number of hydrazine groups is 1. The lowest BCUT2D eigenvalue weighted by atomic mass is 9.93. The van der Waals surface area contributed by atoms with Crippen molar-refractivity contribution in [3.8, 4) is 0 Å². The van der Waals surface area contributed by atoms with Gasteiger partial charge in [0.25, 0.3) is 5.91 Å². The van der Waals surface area contributed by atoms with Crippen molar-refractivity contribution < 1.29 is 9.53 Å². The number of ether oxygens (including phenoxy) is 1. The molecule has 19 heavy (non-hydrogen) atoms. The van der Waals surface area contributed by atoms with Crippen LogP contribution in [0.15, 0.2) is 12.1 Å². The van der Waals surface area contributed by atoms with Crippen molar-refractivity contribution >= 4 is 11.7 Å². The Bertz CT molecular complexity index is 417. The SMILES string of the molecule is CC(NC(=O)c1ccc(NN)nn1)C1CCOCC1. The van der Waals surface area contributed by atoms with Gasteiger partial charge in [-0.05, 0) is 37.8 Å². The Hall–Kier alpha value is -1.73. The smallest absolute Gasteiger partial charge is 0.272 e. The Labute approximate surface area is 111 Å². The third-order valence-corrected chi connectivity index (χ3v) is 3.38. The fraction of sp³-hybridized carbons (Fsp3) is 0.583. The van der Waals surface area contributed by atoms with E-state index in [1.54, 1.807) is 12.1 Å². The molecule has 0 aromatic carbocycles. The first-order valence-corrected chi connectivity index (χ1v) is 6.39. The maximum absolute atomic E-state index is 12.0. The molecule has 1 amide bonds. The van der Waals surface area contributed by atoms with Gasteiger partial charge in [0.15, 0.2) is 11.5 Å².